The van der Waals surface area contributed by atoms with Crippen LogP contribution in [0.5, 0.6) is 5.75 Å². The van der Waals surface area contributed by atoms with Crippen molar-refractivity contribution in [3.63, 3.8) is 0 Å². The first-order valence-corrected chi connectivity index (χ1v) is 7.69. The number of anilines is 1. The Morgan fingerprint density at radius 3 is 2.62 bits per heavy atom. The average molecular weight is 301 g/mol. The highest BCUT2D eigenvalue weighted by atomic mass is 32.2. The largest absolute Gasteiger partial charge is 0.497 e. The number of carbonyl (C=O) groups excluding carboxylic acids is 1. The molecule has 0 aromatic heterocycles. The van der Waals surface area contributed by atoms with Crippen LogP contribution >= 0.6 is 11.8 Å². The van der Waals surface area contributed by atoms with Gasteiger partial charge in [0.05, 0.1) is 12.7 Å². The van der Waals surface area contributed by atoms with Gasteiger partial charge in [-0.25, -0.2) is 0 Å². The first-order valence-electron chi connectivity index (χ1n) is 6.81. The van der Waals surface area contributed by atoms with Crippen molar-refractivity contribution in [3.05, 3.63) is 54.1 Å². The summed E-state index contributed by atoms with van der Waals surface area (Å²) >= 11 is 1.69. The summed E-state index contributed by atoms with van der Waals surface area (Å²) < 4.78 is 5.16. The zero-order valence-electron chi connectivity index (χ0n) is 12.4. The van der Waals surface area contributed by atoms with Gasteiger partial charge in [-0.05, 0) is 24.3 Å². The minimum Gasteiger partial charge on any atom is -0.497 e. The molecule has 0 heterocycles. The van der Waals surface area contributed by atoms with Crippen LogP contribution < -0.4 is 10.1 Å². The van der Waals surface area contributed by atoms with Gasteiger partial charge in [-0.15, -0.1) is 11.8 Å². The van der Waals surface area contributed by atoms with E-state index in [-0.39, 0.29) is 5.91 Å². The summed E-state index contributed by atoms with van der Waals surface area (Å²) in [4.78, 5) is 13.4. The Bertz CT molecular complexity index is 626. The lowest BCUT2D eigenvalue weighted by Crippen LogP contribution is -2.13. The molecule has 2 rings (SSSR count). The summed E-state index contributed by atoms with van der Waals surface area (Å²) in [6.45, 7) is 4.23. The number of rotatable bonds is 5. The molecule has 0 saturated heterocycles. The maximum atomic E-state index is 12.5. The zero-order valence-corrected chi connectivity index (χ0v) is 13.2. The second-order valence-corrected chi connectivity index (χ2v) is 6.47. The van der Waals surface area contributed by atoms with Crippen LogP contribution in [-0.2, 0) is 0 Å². The van der Waals surface area contributed by atoms with E-state index in [0.29, 0.717) is 10.8 Å². The molecule has 0 radical (unpaired) electrons. The molecule has 0 bridgehead atoms. The highest BCUT2D eigenvalue weighted by Gasteiger charge is 2.12. The molecule has 21 heavy (non-hydrogen) atoms. The lowest BCUT2D eigenvalue weighted by molar-refractivity contribution is 0.102. The Balaban J connectivity index is 2.20. The number of nitrogens with one attached hydrogen (secondary N) is 1. The lowest BCUT2D eigenvalue weighted by Gasteiger charge is -2.12. The van der Waals surface area contributed by atoms with Crippen LogP contribution in [0.3, 0.4) is 0 Å². The maximum Gasteiger partial charge on any atom is 0.256 e. The Hall–Kier alpha value is -1.94. The Kier molecular flexibility index (Phi) is 5.28. The van der Waals surface area contributed by atoms with E-state index in [1.54, 1.807) is 24.9 Å². The summed E-state index contributed by atoms with van der Waals surface area (Å²) in [5, 5.41) is 3.34. The molecular formula is C17H19NO2S. The van der Waals surface area contributed by atoms with Crippen LogP contribution in [0.15, 0.2) is 53.4 Å². The van der Waals surface area contributed by atoms with Crippen LogP contribution in [0, 0.1) is 0 Å². The number of carbonyl (C=O) groups is 1. The molecule has 0 atom stereocenters. The zero-order chi connectivity index (χ0) is 15.2. The molecule has 0 saturated carbocycles. The van der Waals surface area contributed by atoms with Crippen LogP contribution in [0.25, 0.3) is 0 Å². The highest BCUT2D eigenvalue weighted by Crippen LogP contribution is 2.27. The quantitative estimate of drug-likeness (QED) is 0.829. The number of methoxy groups -OCH3 is 1. The fourth-order valence-corrected chi connectivity index (χ4v) is 2.86. The third-order valence-electron chi connectivity index (χ3n) is 2.82. The molecule has 0 fully saturated rings. The molecule has 2 aromatic rings. The first kappa shape index (κ1) is 15.4. The molecule has 3 nitrogen and oxygen atoms in total. The number of hydrogen-bond donors (Lipinski definition) is 1. The lowest BCUT2D eigenvalue weighted by atomic mass is 10.2. The molecule has 0 aliphatic rings. The van der Waals surface area contributed by atoms with Crippen molar-refractivity contribution in [2.75, 3.05) is 12.4 Å². The summed E-state index contributed by atoms with van der Waals surface area (Å²) in [6, 6.07) is 15.0. The van der Waals surface area contributed by atoms with Gasteiger partial charge in [-0.2, -0.15) is 0 Å². The van der Waals surface area contributed by atoms with Crippen molar-refractivity contribution in [2.45, 2.75) is 24.0 Å². The molecule has 110 valence electrons. The van der Waals surface area contributed by atoms with Crippen molar-refractivity contribution in [3.8, 4) is 5.75 Å². The standard InChI is InChI=1S/C17H19NO2S/c1-12(2)21-16-10-5-4-9-15(16)17(19)18-13-7-6-8-14(11-13)20-3/h4-12H,1-3H3,(H,18,19). The fraction of sp³-hybridized carbons (Fsp3) is 0.235. The topological polar surface area (TPSA) is 38.3 Å². The molecule has 0 aliphatic carbocycles. The van der Waals surface area contributed by atoms with Crippen LogP contribution in [0.4, 0.5) is 5.69 Å². The van der Waals surface area contributed by atoms with Crippen LogP contribution in [0.1, 0.15) is 24.2 Å². The van der Waals surface area contributed by atoms with Gasteiger partial charge in [0.2, 0.25) is 0 Å². The summed E-state index contributed by atoms with van der Waals surface area (Å²) in [6.07, 6.45) is 0. The van der Waals surface area contributed by atoms with E-state index >= 15 is 0 Å². The SMILES string of the molecule is COc1cccc(NC(=O)c2ccccc2SC(C)C)c1. The number of ether oxygens (including phenoxy) is 1. The molecule has 1 N–H and O–H groups in total. The number of amides is 1. The summed E-state index contributed by atoms with van der Waals surface area (Å²) in [5.41, 5.74) is 1.42. The van der Waals surface area contributed by atoms with Crippen LogP contribution in [0.2, 0.25) is 0 Å². The molecule has 0 unspecified atom stereocenters. The van der Waals surface area contributed by atoms with Crippen molar-refractivity contribution in [2.24, 2.45) is 0 Å². The summed E-state index contributed by atoms with van der Waals surface area (Å²) in [5.74, 6) is 0.615. The van der Waals surface area contributed by atoms with E-state index in [1.807, 2.05) is 42.5 Å². The molecular weight excluding hydrogens is 282 g/mol. The Morgan fingerprint density at radius 2 is 1.90 bits per heavy atom. The van der Waals surface area contributed by atoms with Crippen LogP contribution in [-0.4, -0.2) is 18.3 Å². The average Bonchev–Trinajstić information content (AvgIpc) is 2.47. The highest BCUT2D eigenvalue weighted by molar-refractivity contribution is 8.00. The molecule has 0 aliphatic heterocycles. The van der Waals surface area contributed by atoms with Gasteiger partial charge in [0.25, 0.3) is 5.91 Å². The van der Waals surface area contributed by atoms with Gasteiger partial charge in [-0.1, -0.05) is 32.0 Å². The minimum absolute atomic E-state index is 0.105. The monoisotopic (exact) mass is 301 g/mol. The van der Waals surface area contributed by atoms with Gasteiger partial charge in [-0.3, -0.25) is 4.79 Å². The minimum atomic E-state index is -0.105. The smallest absolute Gasteiger partial charge is 0.256 e. The number of benzene rings is 2. The van der Waals surface area contributed by atoms with Gasteiger partial charge in [0.15, 0.2) is 0 Å². The van der Waals surface area contributed by atoms with E-state index in [1.165, 1.54) is 0 Å². The second kappa shape index (κ2) is 7.18. The third kappa shape index (κ3) is 4.26. The normalized spacial score (nSPS) is 10.5. The van der Waals surface area contributed by atoms with Crippen molar-refractivity contribution in [1.29, 1.82) is 0 Å². The fourth-order valence-electron chi connectivity index (χ4n) is 1.91. The van der Waals surface area contributed by atoms with E-state index in [4.69, 9.17) is 4.74 Å². The van der Waals surface area contributed by atoms with Gasteiger partial charge in [0.1, 0.15) is 5.75 Å². The third-order valence-corrected chi connectivity index (χ3v) is 3.90. The van der Waals surface area contributed by atoms with Gasteiger partial charge < -0.3 is 10.1 Å². The van der Waals surface area contributed by atoms with E-state index < -0.39 is 0 Å². The van der Waals surface area contributed by atoms with Gasteiger partial charge in [0, 0.05) is 21.9 Å². The number of thioether (sulfide) groups is 1. The summed E-state index contributed by atoms with van der Waals surface area (Å²) in [7, 11) is 1.61. The van der Waals surface area contributed by atoms with E-state index in [0.717, 1.165) is 16.3 Å². The van der Waals surface area contributed by atoms with E-state index in [9.17, 15) is 4.79 Å². The first-order chi connectivity index (χ1) is 10.1. The number of hydrogen-bond acceptors (Lipinski definition) is 3. The molecule has 1 amide bonds. The predicted molar refractivity (Wildman–Crippen MR) is 88.4 cm³/mol. The van der Waals surface area contributed by atoms with Crippen molar-refractivity contribution < 1.29 is 9.53 Å². The second-order valence-electron chi connectivity index (χ2n) is 4.85. The molecule has 0 spiro atoms. The Labute approximate surface area is 129 Å². The maximum absolute atomic E-state index is 12.5. The van der Waals surface area contributed by atoms with Gasteiger partial charge >= 0.3 is 0 Å². The Morgan fingerprint density at radius 1 is 1.14 bits per heavy atom. The predicted octanol–water partition coefficient (Wildman–Crippen LogP) is 4.45. The van der Waals surface area contributed by atoms with E-state index in [2.05, 4.69) is 19.2 Å². The molecule has 2 aromatic carbocycles. The van der Waals surface area contributed by atoms with Crippen molar-refractivity contribution >= 4 is 23.4 Å². The molecule has 4 heteroatoms. The van der Waals surface area contributed by atoms with Crippen molar-refractivity contribution in [1.82, 2.24) is 0 Å².